The van der Waals surface area contributed by atoms with Crippen LogP contribution in [-0.2, 0) is 0 Å². The van der Waals surface area contributed by atoms with E-state index in [1.807, 2.05) is 0 Å². The van der Waals surface area contributed by atoms with Gasteiger partial charge in [-0.05, 0) is 51.0 Å². The molecule has 2 aliphatic rings. The summed E-state index contributed by atoms with van der Waals surface area (Å²) < 4.78 is 0. The standard InChI is InChI=1S/C15H30N2/c1-3-6-12-8-9-14(16)15(11-12)17-10-5-7-13(17)4-2/h12-15H,3-11,16H2,1-2H3. The lowest BCUT2D eigenvalue weighted by molar-refractivity contribution is 0.0956. The summed E-state index contributed by atoms with van der Waals surface area (Å²) in [5.74, 6) is 0.947. The lowest BCUT2D eigenvalue weighted by Gasteiger charge is -2.42. The number of hydrogen-bond acceptors (Lipinski definition) is 2. The summed E-state index contributed by atoms with van der Waals surface area (Å²) in [7, 11) is 0. The van der Waals surface area contributed by atoms with Crippen molar-refractivity contribution in [3.8, 4) is 0 Å². The van der Waals surface area contributed by atoms with Crippen molar-refractivity contribution in [1.82, 2.24) is 4.90 Å². The average molecular weight is 238 g/mol. The van der Waals surface area contributed by atoms with Crippen LogP contribution in [-0.4, -0.2) is 29.6 Å². The fourth-order valence-corrected chi connectivity index (χ4v) is 4.04. The zero-order chi connectivity index (χ0) is 12.3. The molecule has 2 nitrogen and oxygen atoms in total. The Balaban J connectivity index is 1.96. The maximum Gasteiger partial charge on any atom is 0.0252 e. The number of likely N-dealkylation sites (tertiary alicyclic amines) is 1. The lowest BCUT2D eigenvalue weighted by Crippen LogP contribution is -2.52. The molecule has 1 heterocycles. The minimum Gasteiger partial charge on any atom is -0.326 e. The highest BCUT2D eigenvalue weighted by Crippen LogP contribution is 2.34. The summed E-state index contributed by atoms with van der Waals surface area (Å²) in [4.78, 5) is 2.76. The van der Waals surface area contributed by atoms with Crippen LogP contribution in [0.1, 0.15) is 65.2 Å². The van der Waals surface area contributed by atoms with Gasteiger partial charge >= 0.3 is 0 Å². The molecule has 17 heavy (non-hydrogen) atoms. The van der Waals surface area contributed by atoms with Gasteiger partial charge < -0.3 is 5.73 Å². The third-order valence-electron chi connectivity index (χ3n) is 4.99. The van der Waals surface area contributed by atoms with Crippen molar-refractivity contribution >= 4 is 0 Å². The van der Waals surface area contributed by atoms with Crippen LogP contribution in [0.2, 0.25) is 0 Å². The van der Waals surface area contributed by atoms with E-state index in [4.69, 9.17) is 5.73 Å². The number of nitrogens with zero attached hydrogens (tertiary/aromatic N) is 1. The zero-order valence-electron chi connectivity index (χ0n) is 11.7. The Morgan fingerprint density at radius 3 is 2.71 bits per heavy atom. The predicted octanol–water partition coefficient (Wildman–Crippen LogP) is 3.16. The molecule has 1 saturated carbocycles. The third kappa shape index (κ3) is 3.03. The van der Waals surface area contributed by atoms with E-state index in [0.29, 0.717) is 12.1 Å². The van der Waals surface area contributed by atoms with Crippen molar-refractivity contribution in [2.75, 3.05) is 6.54 Å². The molecule has 0 radical (unpaired) electrons. The molecule has 0 spiro atoms. The summed E-state index contributed by atoms with van der Waals surface area (Å²) >= 11 is 0. The lowest BCUT2D eigenvalue weighted by atomic mass is 9.79. The van der Waals surface area contributed by atoms with Crippen LogP contribution in [0.4, 0.5) is 0 Å². The van der Waals surface area contributed by atoms with E-state index in [1.54, 1.807) is 0 Å². The Hall–Kier alpha value is -0.0800. The third-order valence-corrected chi connectivity index (χ3v) is 4.99. The van der Waals surface area contributed by atoms with Crippen molar-refractivity contribution in [2.24, 2.45) is 11.7 Å². The molecule has 4 atom stereocenters. The highest BCUT2D eigenvalue weighted by molar-refractivity contribution is 4.93. The zero-order valence-corrected chi connectivity index (χ0v) is 11.7. The Labute approximate surface area is 107 Å². The Bertz CT molecular complexity index is 229. The first kappa shape index (κ1) is 13.4. The molecule has 1 aliphatic heterocycles. The van der Waals surface area contributed by atoms with Gasteiger partial charge in [0.15, 0.2) is 0 Å². The molecule has 2 rings (SSSR count). The number of hydrogen-bond donors (Lipinski definition) is 1. The summed E-state index contributed by atoms with van der Waals surface area (Å²) in [6, 6.07) is 1.95. The van der Waals surface area contributed by atoms with Crippen LogP contribution in [0.15, 0.2) is 0 Å². The molecule has 1 saturated heterocycles. The van der Waals surface area contributed by atoms with Gasteiger partial charge in [0.05, 0.1) is 0 Å². The van der Waals surface area contributed by atoms with E-state index >= 15 is 0 Å². The molecular weight excluding hydrogens is 208 g/mol. The first-order valence-electron chi connectivity index (χ1n) is 7.77. The molecule has 4 unspecified atom stereocenters. The summed E-state index contributed by atoms with van der Waals surface area (Å²) in [5, 5.41) is 0. The van der Waals surface area contributed by atoms with Crippen LogP contribution in [0.3, 0.4) is 0 Å². The van der Waals surface area contributed by atoms with Gasteiger partial charge in [0.1, 0.15) is 0 Å². The maximum atomic E-state index is 6.39. The van der Waals surface area contributed by atoms with Crippen molar-refractivity contribution < 1.29 is 0 Å². The highest BCUT2D eigenvalue weighted by Gasteiger charge is 2.36. The fourth-order valence-electron chi connectivity index (χ4n) is 4.04. The molecule has 0 aromatic heterocycles. The molecule has 0 aromatic rings. The molecule has 2 heteroatoms. The van der Waals surface area contributed by atoms with Crippen LogP contribution < -0.4 is 5.73 Å². The van der Waals surface area contributed by atoms with Crippen molar-refractivity contribution in [3.05, 3.63) is 0 Å². The van der Waals surface area contributed by atoms with Crippen molar-refractivity contribution in [1.29, 1.82) is 0 Å². The average Bonchev–Trinajstić information content (AvgIpc) is 2.80. The minimum atomic E-state index is 0.440. The van der Waals surface area contributed by atoms with E-state index in [-0.39, 0.29) is 0 Å². The predicted molar refractivity (Wildman–Crippen MR) is 74.0 cm³/mol. The van der Waals surface area contributed by atoms with Crippen LogP contribution in [0.25, 0.3) is 0 Å². The Kier molecular flexibility index (Phi) is 4.87. The van der Waals surface area contributed by atoms with Gasteiger partial charge in [0.2, 0.25) is 0 Å². The summed E-state index contributed by atoms with van der Waals surface area (Å²) in [5.41, 5.74) is 6.39. The first-order valence-corrected chi connectivity index (χ1v) is 7.77. The summed E-state index contributed by atoms with van der Waals surface area (Å²) in [6.45, 7) is 5.95. The molecule has 0 aromatic carbocycles. The van der Waals surface area contributed by atoms with E-state index in [9.17, 15) is 0 Å². The minimum absolute atomic E-state index is 0.440. The normalized spacial score (nSPS) is 39.7. The monoisotopic (exact) mass is 238 g/mol. The molecule has 2 fully saturated rings. The maximum absolute atomic E-state index is 6.39. The first-order chi connectivity index (χ1) is 8.26. The molecular formula is C15H30N2. The van der Waals surface area contributed by atoms with E-state index in [1.165, 1.54) is 57.9 Å². The van der Waals surface area contributed by atoms with E-state index in [2.05, 4.69) is 18.7 Å². The van der Waals surface area contributed by atoms with Gasteiger partial charge in [-0.25, -0.2) is 0 Å². The largest absolute Gasteiger partial charge is 0.326 e. The van der Waals surface area contributed by atoms with Gasteiger partial charge in [-0.15, -0.1) is 0 Å². The van der Waals surface area contributed by atoms with E-state index in [0.717, 1.165) is 12.0 Å². The quantitative estimate of drug-likeness (QED) is 0.815. The van der Waals surface area contributed by atoms with Crippen LogP contribution >= 0.6 is 0 Å². The number of nitrogens with two attached hydrogens (primary N) is 1. The molecule has 0 bridgehead atoms. The van der Waals surface area contributed by atoms with Crippen molar-refractivity contribution in [3.63, 3.8) is 0 Å². The van der Waals surface area contributed by atoms with Gasteiger partial charge in [0.25, 0.3) is 0 Å². The molecule has 0 amide bonds. The second-order valence-corrected chi connectivity index (χ2v) is 6.14. The summed E-state index contributed by atoms with van der Waals surface area (Å²) in [6.07, 6.45) is 10.8. The SMILES string of the molecule is CCCC1CCC(N)C(N2CCCC2CC)C1. The van der Waals surface area contributed by atoms with Gasteiger partial charge in [-0.2, -0.15) is 0 Å². The van der Waals surface area contributed by atoms with Gasteiger partial charge in [0, 0.05) is 18.1 Å². The van der Waals surface area contributed by atoms with Gasteiger partial charge in [-0.1, -0.05) is 26.7 Å². The highest BCUT2D eigenvalue weighted by atomic mass is 15.2. The fraction of sp³-hybridized carbons (Fsp3) is 1.00. The molecule has 2 N–H and O–H groups in total. The van der Waals surface area contributed by atoms with Crippen LogP contribution in [0, 0.1) is 5.92 Å². The Morgan fingerprint density at radius 2 is 2.00 bits per heavy atom. The smallest absolute Gasteiger partial charge is 0.0252 e. The topological polar surface area (TPSA) is 29.3 Å². The van der Waals surface area contributed by atoms with Crippen molar-refractivity contribution in [2.45, 2.75) is 83.3 Å². The molecule has 1 aliphatic carbocycles. The van der Waals surface area contributed by atoms with Gasteiger partial charge in [-0.3, -0.25) is 4.90 Å². The second-order valence-electron chi connectivity index (χ2n) is 6.14. The Morgan fingerprint density at radius 1 is 1.18 bits per heavy atom. The van der Waals surface area contributed by atoms with E-state index < -0.39 is 0 Å². The van der Waals surface area contributed by atoms with Crippen LogP contribution in [0.5, 0.6) is 0 Å². The second kappa shape index (κ2) is 6.19. The number of rotatable bonds is 4. The molecule has 100 valence electrons.